The van der Waals surface area contributed by atoms with E-state index in [2.05, 4.69) is 22.0 Å². The summed E-state index contributed by atoms with van der Waals surface area (Å²) in [6.45, 7) is 0. The van der Waals surface area contributed by atoms with Gasteiger partial charge in [-0.15, -0.1) is 0 Å². The molecule has 0 saturated heterocycles. The van der Waals surface area contributed by atoms with Gasteiger partial charge in [0.2, 0.25) is 0 Å². The number of halogens is 1. The number of hydrogen-bond acceptors (Lipinski definition) is 2. The Kier molecular flexibility index (Phi) is 2.91. The number of benzene rings is 1. The van der Waals surface area contributed by atoms with Gasteiger partial charge in [0, 0.05) is 10.5 Å². The highest BCUT2D eigenvalue weighted by molar-refractivity contribution is 9.10. The van der Waals surface area contributed by atoms with Crippen LogP contribution in [0.15, 0.2) is 22.7 Å². The van der Waals surface area contributed by atoms with Crippen LogP contribution in [-0.2, 0) is 0 Å². The van der Waals surface area contributed by atoms with E-state index in [1.807, 2.05) is 12.1 Å². The van der Waals surface area contributed by atoms with Crippen LogP contribution in [-0.4, -0.2) is 7.11 Å². The van der Waals surface area contributed by atoms with E-state index in [1.165, 1.54) is 24.8 Å². The summed E-state index contributed by atoms with van der Waals surface area (Å²) in [5, 5.41) is 0. The topological polar surface area (TPSA) is 35.2 Å². The first-order valence-electron chi connectivity index (χ1n) is 6.28. The summed E-state index contributed by atoms with van der Waals surface area (Å²) in [7, 11) is 1.69. The van der Waals surface area contributed by atoms with Crippen LogP contribution in [0.2, 0.25) is 0 Å². The summed E-state index contributed by atoms with van der Waals surface area (Å²) in [5.41, 5.74) is 7.62. The maximum absolute atomic E-state index is 6.40. The van der Waals surface area contributed by atoms with Crippen LogP contribution >= 0.6 is 15.9 Å². The highest BCUT2D eigenvalue weighted by Crippen LogP contribution is 2.57. The third-order valence-electron chi connectivity index (χ3n) is 4.35. The Bertz CT molecular complexity index is 424. The van der Waals surface area contributed by atoms with E-state index in [1.54, 1.807) is 7.11 Å². The summed E-state index contributed by atoms with van der Waals surface area (Å²) in [6.07, 6.45) is 4.10. The van der Waals surface area contributed by atoms with Gasteiger partial charge >= 0.3 is 0 Å². The van der Waals surface area contributed by atoms with Crippen LogP contribution in [0.4, 0.5) is 0 Å². The van der Waals surface area contributed by atoms with Crippen molar-refractivity contribution < 1.29 is 4.74 Å². The monoisotopic (exact) mass is 295 g/mol. The Morgan fingerprint density at radius 1 is 1.29 bits per heavy atom. The third kappa shape index (κ3) is 2.11. The molecule has 1 aromatic carbocycles. The molecule has 92 valence electrons. The van der Waals surface area contributed by atoms with Crippen molar-refractivity contribution in [3.8, 4) is 5.75 Å². The number of methoxy groups -OCH3 is 1. The molecule has 0 aromatic heterocycles. The molecule has 17 heavy (non-hydrogen) atoms. The molecule has 0 radical (unpaired) electrons. The van der Waals surface area contributed by atoms with Gasteiger partial charge in [-0.1, -0.05) is 22.0 Å². The Hall–Kier alpha value is -0.540. The average molecular weight is 296 g/mol. The second-order valence-electron chi connectivity index (χ2n) is 5.40. The summed E-state index contributed by atoms with van der Waals surface area (Å²) in [6, 6.07) is 6.26. The van der Waals surface area contributed by atoms with E-state index in [4.69, 9.17) is 10.5 Å². The van der Waals surface area contributed by atoms with Crippen LogP contribution in [0.25, 0.3) is 0 Å². The molecule has 3 atom stereocenters. The van der Waals surface area contributed by atoms with E-state index in [0.717, 1.165) is 22.1 Å². The second-order valence-corrected chi connectivity index (χ2v) is 6.25. The van der Waals surface area contributed by atoms with Crippen LogP contribution in [0, 0.1) is 17.8 Å². The summed E-state index contributed by atoms with van der Waals surface area (Å²) in [4.78, 5) is 0. The lowest BCUT2D eigenvalue weighted by Gasteiger charge is -2.22. The first-order valence-corrected chi connectivity index (χ1v) is 7.07. The highest BCUT2D eigenvalue weighted by Gasteiger charge is 2.47. The zero-order valence-electron chi connectivity index (χ0n) is 10.0. The fourth-order valence-corrected chi connectivity index (χ4v) is 3.84. The van der Waals surface area contributed by atoms with Crippen LogP contribution in [0.5, 0.6) is 5.75 Å². The first-order chi connectivity index (χ1) is 8.19. The first kappa shape index (κ1) is 11.5. The molecule has 3 heteroatoms. The minimum Gasteiger partial charge on any atom is -0.497 e. The minimum atomic E-state index is 0.170. The maximum Gasteiger partial charge on any atom is 0.120 e. The summed E-state index contributed by atoms with van der Waals surface area (Å²) >= 11 is 3.60. The number of ether oxygens (including phenoxy) is 1. The molecular formula is C14H18BrNO. The second kappa shape index (κ2) is 4.29. The van der Waals surface area contributed by atoms with E-state index >= 15 is 0 Å². The lowest BCUT2D eigenvalue weighted by molar-refractivity contribution is 0.399. The molecule has 2 fully saturated rings. The third-order valence-corrected chi connectivity index (χ3v) is 5.04. The number of hydrogen-bond donors (Lipinski definition) is 1. The predicted molar refractivity (Wildman–Crippen MR) is 71.9 cm³/mol. The van der Waals surface area contributed by atoms with Gasteiger partial charge in [0.05, 0.1) is 7.11 Å². The van der Waals surface area contributed by atoms with Crippen molar-refractivity contribution in [1.82, 2.24) is 0 Å². The van der Waals surface area contributed by atoms with E-state index in [-0.39, 0.29) is 6.04 Å². The van der Waals surface area contributed by atoms with Crippen LogP contribution in [0.3, 0.4) is 0 Å². The van der Waals surface area contributed by atoms with Crippen molar-refractivity contribution >= 4 is 15.9 Å². The molecule has 1 aromatic rings. The van der Waals surface area contributed by atoms with Crippen molar-refractivity contribution in [2.75, 3.05) is 7.11 Å². The molecular weight excluding hydrogens is 278 g/mol. The predicted octanol–water partition coefficient (Wildman–Crippen LogP) is 3.50. The summed E-state index contributed by atoms with van der Waals surface area (Å²) < 4.78 is 6.28. The van der Waals surface area contributed by atoms with Gasteiger partial charge in [0.25, 0.3) is 0 Å². The molecule has 3 unspecified atom stereocenters. The van der Waals surface area contributed by atoms with E-state index in [0.29, 0.717) is 5.92 Å². The van der Waals surface area contributed by atoms with Gasteiger partial charge in [-0.2, -0.15) is 0 Å². The average Bonchev–Trinajstić information content (AvgIpc) is 2.95. The smallest absolute Gasteiger partial charge is 0.120 e. The highest BCUT2D eigenvalue weighted by atomic mass is 79.9. The van der Waals surface area contributed by atoms with Gasteiger partial charge in [-0.05, 0) is 54.7 Å². The molecule has 2 saturated carbocycles. The van der Waals surface area contributed by atoms with Crippen LogP contribution in [0.1, 0.15) is 30.9 Å². The number of rotatable bonds is 3. The molecule has 2 nitrogen and oxygen atoms in total. The maximum atomic E-state index is 6.40. The van der Waals surface area contributed by atoms with Gasteiger partial charge in [0.15, 0.2) is 0 Å². The SMILES string of the molecule is COc1ccc(C(N)C2CC3CC3C2)c(Br)c1. The quantitative estimate of drug-likeness (QED) is 0.926. The van der Waals surface area contributed by atoms with Gasteiger partial charge in [-0.25, -0.2) is 0 Å². The Labute approximate surface area is 111 Å². The molecule has 2 N–H and O–H groups in total. The van der Waals surface area contributed by atoms with E-state index < -0.39 is 0 Å². The fourth-order valence-electron chi connectivity index (χ4n) is 3.21. The van der Waals surface area contributed by atoms with Gasteiger partial charge in [-0.3, -0.25) is 0 Å². The molecule has 0 heterocycles. The minimum absolute atomic E-state index is 0.170. The molecule has 2 aliphatic carbocycles. The Morgan fingerprint density at radius 2 is 2.00 bits per heavy atom. The number of fused-ring (bicyclic) bond motifs is 1. The molecule has 0 spiro atoms. The molecule has 3 rings (SSSR count). The molecule has 2 aliphatic rings. The lowest BCUT2D eigenvalue weighted by atomic mass is 9.90. The Morgan fingerprint density at radius 3 is 2.59 bits per heavy atom. The largest absolute Gasteiger partial charge is 0.497 e. The van der Waals surface area contributed by atoms with Gasteiger partial charge < -0.3 is 10.5 Å². The zero-order chi connectivity index (χ0) is 12.0. The molecule has 0 bridgehead atoms. The lowest BCUT2D eigenvalue weighted by Crippen LogP contribution is -2.20. The van der Waals surface area contributed by atoms with Crippen molar-refractivity contribution in [3.05, 3.63) is 28.2 Å². The normalized spacial score (nSPS) is 32.1. The zero-order valence-corrected chi connectivity index (χ0v) is 11.6. The van der Waals surface area contributed by atoms with Gasteiger partial charge in [0.1, 0.15) is 5.75 Å². The molecule has 0 aliphatic heterocycles. The van der Waals surface area contributed by atoms with Crippen molar-refractivity contribution in [3.63, 3.8) is 0 Å². The number of nitrogens with two attached hydrogens (primary N) is 1. The van der Waals surface area contributed by atoms with Crippen molar-refractivity contribution in [2.45, 2.75) is 25.3 Å². The molecule has 0 amide bonds. The van der Waals surface area contributed by atoms with Crippen LogP contribution < -0.4 is 10.5 Å². The fraction of sp³-hybridized carbons (Fsp3) is 0.571. The van der Waals surface area contributed by atoms with Crippen molar-refractivity contribution in [2.24, 2.45) is 23.5 Å². The van der Waals surface area contributed by atoms with E-state index in [9.17, 15) is 0 Å². The standard InChI is InChI=1S/C14H18BrNO/c1-17-11-2-3-12(13(15)7-11)14(16)10-5-8-4-9(8)6-10/h2-3,7-10,14H,4-6,16H2,1H3. The summed E-state index contributed by atoms with van der Waals surface area (Å²) in [5.74, 6) is 3.52. The Balaban J connectivity index is 1.78. The van der Waals surface area contributed by atoms with Crippen molar-refractivity contribution in [1.29, 1.82) is 0 Å².